The number of carbonyl (C=O) groups excluding carboxylic acids is 1. The van der Waals surface area contributed by atoms with Gasteiger partial charge in [0.2, 0.25) is 5.91 Å². The lowest BCUT2D eigenvalue weighted by atomic mass is 10.0. The number of fused-ring (bicyclic) bond motifs is 1. The van der Waals surface area contributed by atoms with Crippen LogP contribution in [0.1, 0.15) is 30.1 Å². The molecule has 1 saturated carbocycles. The molecular weight excluding hydrogens is 466 g/mol. The highest BCUT2D eigenvalue weighted by molar-refractivity contribution is 7.90. The molecule has 0 bridgehead atoms. The monoisotopic (exact) mass is 493 g/mol. The molecule has 10 nitrogen and oxygen atoms in total. The second-order valence-corrected chi connectivity index (χ2v) is 11.1. The first kappa shape index (κ1) is 23.0. The molecule has 0 unspecified atom stereocenters. The Hall–Kier alpha value is -3.73. The van der Waals surface area contributed by atoms with E-state index in [1.807, 2.05) is 33.9 Å². The molecule has 1 aliphatic carbocycles. The number of nitrogens with one attached hydrogen (secondary N) is 3. The van der Waals surface area contributed by atoms with E-state index < -0.39 is 9.84 Å². The Morgan fingerprint density at radius 3 is 2.49 bits per heavy atom. The van der Waals surface area contributed by atoms with Crippen LogP contribution in [0.2, 0.25) is 0 Å². The number of rotatable bonds is 6. The zero-order valence-electron chi connectivity index (χ0n) is 20.2. The molecule has 0 spiro atoms. The van der Waals surface area contributed by atoms with E-state index in [0.717, 1.165) is 35.4 Å². The van der Waals surface area contributed by atoms with Crippen LogP contribution < -0.4 is 10.6 Å². The first-order valence-electron chi connectivity index (χ1n) is 11.3. The van der Waals surface area contributed by atoms with Gasteiger partial charge in [-0.2, -0.15) is 5.10 Å². The van der Waals surface area contributed by atoms with Crippen LogP contribution >= 0.6 is 0 Å². The molecule has 35 heavy (non-hydrogen) atoms. The number of aryl methyl sites for hydroxylation is 3. The highest BCUT2D eigenvalue weighted by Crippen LogP contribution is 2.36. The van der Waals surface area contributed by atoms with Gasteiger partial charge in [-0.05, 0) is 51.3 Å². The number of carbonyl (C=O) groups is 1. The molecule has 1 aliphatic rings. The van der Waals surface area contributed by atoms with Crippen LogP contribution in [0.15, 0.2) is 29.2 Å². The Morgan fingerprint density at radius 2 is 1.86 bits per heavy atom. The maximum Gasteiger partial charge on any atom is 0.228 e. The molecule has 4 aromatic rings. The quantitative estimate of drug-likeness (QED) is 0.372. The maximum atomic E-state index is 12.8. The van der Waals surface area contributed by atoms with Crippen molar-refractivity contribution in [2.45, 2.75) is 38.5 Å². The van der Waals surface area contributed by atoms with Crippen molar-refractivity contribution in [1.29, 1.82) is 0 Å². The summed E-state index contributed by atoms with van der Waals surface area (Å²) in [6.45, 7) is 5.66. The van der Waals surface area contributed by atoms with Gasteiger partial charge >= 0.3 is 0 Å². The smallest absolute Gasteiger partial charge is 0.228 e. The number of imidazole rings is 1. The van der Waals surface area contributed by atoms with E-state index in [2.05, 4.69) is 30.7 Å². The molecule has 1 aromatic carbocycles. The first-order chi connectivity index (χ1) is 16.5. The molecule has 3 N–H and O–H groups in total. The van der Waals surface area contributed by atoms with Crippen molar-refractivity contribution in [2.24, 2.45) is 13.0 Å². The van der Waals surface area contributed by atoms with Gasteiger partial charge in [0.05, 0.1) is 22.0 Å². The van der Waals surface area contributed by atoms with Gasteiger partial charge in [0, 0.05) is 36.5 Å². The van der Waals surface area contributed by atoms with E-state index in [1.54, 1.807) is 22.9 Å². The molecule has 5 rings (SSSR count). The summed E-state index contributed by atoms with van der Waals surface area (Å²) >= 11 is 0. The zero-order valence-corrected chi connectivity index (χ0v) is 21.0. The summed E-state index contributed by atoms with van der Waals surface area (Å²) in [4.78, 5) is 24.5. The van der Waals surface area contributed by atoms with Gasteiger partial charge in [-0.3, -0.25) is 9.48 Å². The molecular formula is C24H27N7O3S. The average molecular weight is 494 g/mol. The topological polar surface area (TPSA) is 135 Å². The van der Waals surface area contributed by atoms with Crippen LogP contribution in [0.25, 0.3) is 22.3 Å². The number of sulfone groups is 1. The van der Waals surface area contributed by atoms with E-state index in [1.165, 1.54) is 6.26 Å². The van der Waals surface area contributed by atoms with Gasteiger partial charge in [-0.15, -0.1) is 0 Å². The number of benzene rings is 1. The number of aromatic nitrogens is 5. The fraction of sp³-hybridized carbons (Fsp3) is 0.333. The number of hydrogen-bond acceptors (Lipinski definition) is 7. The van der Waals surface area contributed by atoms with Gasteiger partial charge in [-0.25, -0.2) is 18.4 Å². The zero-order chi connectivity index (χ0) is 25.1. The summed E-state index contributed by atoms with van der Waals surface area (Å²) in [5.74, 6) is 0.969. The number of anilines is 3. The molecule has 3 heterocycles. The fourth-order valence-electron chi connectivity index (χ4n) is 4.26. The maximum absolute atomic E-state index is 12.8. The van der Waals surface area contributed by atoms with Crippen molar-refractivity contribution in [1.82, 2.24) is 24.7 Å². The Balaban J connectivity index is 1.60. The Morgan fingerprint density at radius 1 is 1.11 bits per heavy atom. The minimum atomic E-state index is -3.58. The molecule has 11 heteroatoms. The number of amides is 1. The number of hydrogen-bond donors (Lipinski definition) is 3. The normalized spacial score (nSPS) is 13.9. The second kappa shape index (κ2) is 8.19. The predicted molar refractivity (Wildman–Crippen MR) is 134 cm³/mol. The number of pyridine rings is 1. The first-order valence-corrected chi connectivity index (χ1v) is 13.2. The summed E-state index contributed by atoms with van der Waals surface area (Å²) in [6, 6.07) is 6.98. The minimum Gasteiger partial charge on any atom is -0.353 e. The number of nitrogens with zero attached hydrogens (tertiary/aromatic N) is 4. The van der Waals surface area contributed by atoms with Crippen LogP contribution in [0.3, 0.4) is 0 Å². The van der Waals surface area contributed by atoms with Gasteiger partial charge < -0.3 is 15.6 Å². The molecule has 0 atom stereocenters. The van der Waals surface area contributed by atoms with E-state index in [0.29, 0.717) is 34.2 Å². The van der Waals surface area contributed by atoms with Crippen LogP contribution in [0, 0.1) is 26.7 Å². The summed E-state index contributed by atoms with van der Waals surface area (Å²) in [5.41, 5.74) is 5.47. The average Bonchev–Trinajstić information content (AvgIpc) is 3.50. The fourth-order valence-corrected chi connectivity index (χ4v) is 5.12. The van der Waals surface area contributed by atoms with Crippen molar-refractivity contribution in [3.8, 4) is 11.1 Å². The predicted octanol–water partition coefficient (Wildman–Crippen LogP) is 3.78. The lowest BCUT2D eigenvalue weighted by molar-refractivity contribution is -0.117. The van der Waals surface area contributed by atoms with E-state index in [4.69, 9.17) is 0 Å². The minimum absolute atomic E-state index is 0.0218. The van der Waals surface area contributed by atoms with E-state index in [9.17, 15) is 13.2 Å². The van der Waals surface area contributed by atoms with Crippen LogP contribution in [-0.2, 0) is 21.7 Å². The highest BCUT2D eigenvalue weighted by Gasteiger charge is 2.30. The van der Waals surface area contributed by atoms with Crippen molar-refractivity contribution in [2.75, 3.05) is 16.9 Å². The van der Waals surface area contributed by atoms with Crippen LogP contribution in [0.4, 0.5) is 17.2 Å². The molecule has 182 valence electrons. The molecule has 0 radical (unpaired) electrons. The summed E-state index contributed by atoms with van der Waals surface area (Å²) < 4.78 is 27.4. The Labute approximate surface area is 203 Å². The van der Waals surface area contributed by atoms with Crippen LogP contribution in [0.5, 0.6) is 0 Å². The third kappa shape index (κ3) is 4.39. The van der Waals surface area contributed by atoms with Crippen LogP contribution in [-0.4, -0.2) is 45.3 Å². The van der Waals surface area contributed by atoms with E-state index in [-0.39, 0.29) is 16.7 Å². The number of aromatic amines is 1. The summed E-state index contributed by atoms with van der Waals surface area (Å²) in [7, 11) is -1.72. The third-order valence-corrected chi connectivity index (χ3v) is 7.36. The van der Waals surface area contributed by atoms with Gasteiger partial charge in [0.25, 0.3) is 0 Å². The van der Waals surface area contributed by atoms with Crippen molar-refractivity contribution >= 4 is 44.1 Å². The van der Waals surface area contributed by atoms with Gasteiger partial charge in [-0.1, -0.05) is 6.07 Å². The highest BCUT2D eigenvalue weighted by atomic mass is 32.2. The van der Waals surface area contributed by atoms with E-state index >= 15 is 0 Å². The second-order valence-electron chi connectivity index (χ2n) is 9.12. The SMILES string of the molecule is Cc1nc2nc(NC(=O)C3CC3)cc(Nc3ccc(-c4c(C)nn(C)c4C)cc3S(C)(=O)=O)c2[nH]1. The molecule has 0 aliphatic heterocycles. The molecule has 1 fully saturated rings. The third-order valence-electron chi connectivity index (χ3n) is 6.23. The molecule has 1 amide bonds. The Bertz CT molecular complexity index is 1600. The van der Waals surface area contributed by atoms with Gasteiger partial charge in [0.1, 0.15) is 17.2 Å². The molecule has 3 aromatic heterocycles. The molecule has 0 saturated heterocycles. The summed E-state index contributed by atoms with van der Waals surface area (Å²) in [5, 5.41) is 10.5. The largest absolute Gasteiger partial charge is 0.353 e. The van der Waals surface area contributed by atoms with Gasteiger partial charge in [0.15, 0.2) is 15.5 Å². The summed E-state index contributed by atoms with van der Waals surface area (Å²) in [6.07, 6.45) is 2.94. The van der Waals surface area contributed by atoms with Crippen molar-refractivity contribution in [3.05, 3.63) is 41.5 Å². The lowest BCUT2D eigenvalue weighted by Gasteiger charge is -2.15. The van der Waals surface area contributed by atoms with Crippen molar-refractivity contribution < 1.29 is 13.2 Å². The lowest BCUT2D eigenvalue weighted by Crippen LogP contribution is -2.14. The Kier molecular flexibility index (Phi) is 5.39. The van der Waals surface area contributed by atoms with Crippen molar-refractivity contribution in [3.63, 3.8) is 0 Å². The number of H-pyrrole nitrogens is 1. The standard InChI is InChI=1S/C24H27N7O3S/c1-12-21(13(2)31(4)30-12)16-8-9-17(19(10-16)35(5,33)34)27-18-11-20(29-24(32)15-6-7-15)28-23-22(18)25-14(3)26-23/h8-11,15H,6-7H2,1-5H3,(H3,25,26,27,28,29,32).